The summed E-state index contributed by atoms with van der Waals surface area (Å²) in [6.45, 7) is 4.04. The summed E-state index contributed by atoms with van der Waals surface area (Å²) in [7, 11) is 1.58. The molecule has 0 unspecified atom stereocenters. The van der Waals surface area contributed by atoms with Gasteiger partial charge in [0.05, 0.1) is 18.4 Å². The summed E-state index contributed by atoms with van der Waals surface area (Å²) < 4.78 is 16.2. The number of ether oxygens (including phenoxy) is 3. The number of hydrogen-bond acceptors (Lipinski definition) is 5. The number of hydrogen-bond donors (Lipinski definition) is 0. The van der Waals surface area contributed by atoms with Gasteiger partial charge in [-0.15, -0.1) is 0 Å². The number of aromatic nitrogens is 1. The van der Waals surface area contributed by atoms with E-state index in [-0.39, 0.29) is 6.79 Å². The number of aryl methyl sites for hydroxylation is 2. The van der Waals surface area contributed by atoms with Crippen LogP contribution >= 0.6 is 0 Å². The lowest BCUT2D eigenvalue weighted by Crippen LogP contribution is -1.97. The first-order valence-electron chi connectivity index (χ1n) is 6.50. The van der Waals surface area contributed by atoms with E-state index in [2.05, 4.69) is 11.1 Å². The third-order valence-corrected chi connectivity index (χ3v) is 3.54. The fourth-order valence-electron chi connectivity index (χ4n) is 2.27. The molecular weight excluding hydrogens is 268 g/mol. The molecule has 0 bridgehead atoms. The van der Waals surface area contributed by atoms with E-state index < -0.39 is 0 Å². The van der Waals surface area contributed by atoms with E-state index in [1.54, 1.807) is 19.2 Å². The maximum absolute atomic E-state index is 9.37. The van der Waals surface area contributed by atoms with Crippen molar-refractivity contribution in [1.82, 2.24) is 4.98 Å². The van der Waals surface area contributed by atoms with Crippen LogP contribution < -0.4 is 14.2 Å². The highest BCUT2D eigenvalue weighted by Crippen LogP contribution is 2.42. The van der Waals surface area contributed by atoms with Gasteiger partial charge in [-0.25, -0.2) is 0 Å². The zero-order valence-electron chi connectivity index (χ0n) is 12.1. The van der Waals surface area contributed by atoms with Crippen molar-refractivity contribution in [2.24, 2.45) is 0 Å². The lowest BCUT2D eigenvalue weighted by Gasteiger charge is -2.12. The summed E-state index contributed by atoms with van der Waals surface area (Å²) in [6.07, 6.45) is 0. The van der Waals surface area contributed by atoms with Crippen molar-refractivity contribution in [2.75, 3.05) is 13.9 Å². The van der Waals surface area contributed by atoms with Gasteiger partial charge in [0.1, 0.15) is 11.8 Å². The summed E-state index contributed by atoms with van der Waals surface area (Å²) >= 11 is 0. The summed E-state index contributed by atoms with van der Waals surface area (Å²) in [4.78, 5) is 4.55. The molecule has 0 radical (unpaired) electrons. The molecule has 0 amide bonds. The van der Waals surface area contributed by atoms with Gasteiger partial charge >= 0.3 is 0 Å². The van der Waals surface area contributed by atoms with E-state index in [1.807, 2.05) is 19.9 Å². The van der Waals surface area contributed by atoms with E-state index in [4.69, 9.17) is 14.2 Å². The average molecular weight is 282 g/mol. The van der Waals surface area contributed by atoms with Crippen LogP contribution in [-0.2, 0) is 0 Å². The molecule has 0 aliphatic carbocycles. The Morgan fingerprint density at radius 3 is 2.57 bits per heavy atom. The highest BCUT2D eigenvalue weighted by Gasteiger charge is 2.21. The van der Waals surface area contributed by atoms with Crippen LogP contribution in [-0.4, -0.2) is 18.9 Å². The first kappa shape index (κ1) is 13.3. The number of benzene rings is 1. The number of rotatable bonds is 2. The zero-order chi connectivity index (χ0) is 15.0. The van der Waals surface area contributed by atoms with Gasteiger partial charge in [-0.3, -0.25) is 4.98 Å². The van der Waals surface area contributed by atoms with Gasteiger partial charge in [-0.05, 0) is 31.5 Å². The second-order valence-electron chi connectivity index (χ2n) is 4.80. The minimum Gasteiger partial charge on any atom is -0.496 e. The summed E-state index contributed by atoms with van der Waals surface area (Å²) in [5, 5.41) is 9.37. The van der Waals surface area contributed by atoms with Crippen molar-refractivity contribution in [3.8, 4) is 34.6 Å². The smallest absolute Gasteiger partial charge is 0.231 e. The van der Waals surface area contributed by atoms with Crippen LogP contribution in [0.25, 0.3) is 11.3 Å². The molecule has 0 saturated carbocycles. The Morgan fingerprint density at radius 1 is 1.19 bits per heavy atom. The maximum Gasteiger partial charge on any atom is 0.231 e. The molecule has 0 N–H and O–H groups in total. The Morgan fingerprint density at radius 2 is 1.90 bits per heavy atom. The lowest BCUT2D eigenvalue weighted by molar-refractivity contribution is 0.174. The van der Waals surface area contributed by atoms with E-state index in [0.29, 0.717) is 28.5 Å². The Labute approximate surface area is 122 Å². The quantitative estimate of drug-likeness (QED) is 0.847. The van der Waals surface area contributed by atoms with Gasteiger partial charge in [-0.1, -0.05) is 0 Å². The van der Waals surface area contributed by atoms with Crippen molar-refractivity contribution >= 4 is 0 Å². The molecule has 1 aliphatic rings. The number of fused-ring (bicyclic) bond motifs is 1. The van der Waals surface area contributed by atoms with Crippen LogP contribution in [0.4, 0.5) is 0 Å². The van der Waals surface area contributed by atoms with E-state index in [0.717, 1.165) is 16.8 Å². The van der Waals surface area contributed by atoms with Gasteiger partial charge in [0.2, 0.25) is 6.79 Å². The number of methoxy groups -OCH3 is 1. The van der Waals surface area contributed by atoms with Gasteiger partial charge in [-0.2, -0.15) is 5.26 Å². The molecule has 1 aliphatic heterocycles. The third kappa shape index (κ3) is 2.15. The van der Waals surface area contributed by atoms with E-state index in [1.165, 1.54) is 0 Å². The number of pyridine rings is 1. The largest absolute Gasteiger partial charge is 0.496 e. The maximum atomic E-state index is 9.37. The average Bonchev–Trinajstić information content (AvgIpc) is 2.95. The molecule has 5 nitrogen and oxygen atoms in total. The van der Waals surface area contributed by atoms with Gasteiger partial charge in [0.15, 0.2) is 11.5 Å². The molecular formula is C16H14N2O3. The Bertz CT molecular complexity index is 763. The summed E-state index contributed by atoms with van der Waals surface area (Å²) in [5.74, 6) is 1.87. The lowest BCUT2D eigenvalue weighted by atomic mass is 10.0. The Balaban J connectivity index is 2.26. The summed E-state index contributed by atoms with van der Waals surface area (Å²) in [5.41, 5.74) is 3.69. The van der Waals surface area contributed by atoms with Crippen molar-refractivity contribution in [1.29, 1.82) is 5.26 Å². The predicted octanol–water partition coefficient (Wildman–Crippen LogP) is 2.97. The monoisotopic (exact) mass is 282 g/mol. The topological polar surface area (TPSA) is 64.4 Å². The molecule has 2 heterocycles. The van der Waals surface area contributed by atoms with Gasteiger partial charge in [0.25, 0.3) is 0 Å². The molecule has 0 atom stereocenters. The third-order valence-electron chi connectivity index (χ3n) is 3.54. The van der Waals surface area contributed by atoms with Crippen molar-refractivity contribution < 1.29 is 14.2 Å². The molecule has 3 rings (SSSR count). The summed E-state index contributed by atoms with van der Waals surface area (Å²) in [6, 6.07) is 7.59. The minimum atomic E-state index is 0.188. The second kappa shape index (κ2) is 4.98. The second-order valence-corrected chi connectivity index (χ2v) is 4.80. The fraction of sp³-hybridized carbons (Fsp3) is 0.250. The molecule has 2 aromatic rings. The van der Waals surface area contributed by atoms with Crippen LogP contribution in [0.5, 0.6) is 17.2 Å². The van der Waals surface area contributed by atoms with Gasteiger partial charge < -0.3 is 14.2 Å². The van der Waals surface area contributed by atoms with Crippen molar-refractivity contribution in [2.45, 2.75) is 13.8 Å². The Hall–Kier alpha value is -2.74. The van der Waals surface area contributed by atoms with Gasteiger partial charge in [0, 0.05) is 17.3 Å². The predicted molar refractivity (Wildman–Crippen MR) is 76.5 cm³/mol. The number of nitriles is 1. The molecule has 0 saturated heterocycles. The van der Waals surface area contributed by atoms with Crippen LogP contribution in [0.15, 0.2) is 18.2 Å². The highest BCUT2D eigenvalue weighted by atomic mass is 16.7. The first-order valence-corrected chi connectivity index (χ1v) is 6.50. The van der Waals surface area contributed by atoms with Crippen molar-refractivity contribution in [3.63, 3.8) is 0 Å². The fourth-order valence-corrected chi connectivity index (χ4v) is 2.27. The van der Waals surface area contributed by atoms with E-state index >= 15 is 0 Å². The SMILES string of the molecule is COc1cc2c(cc1-c1nc(C)c(C)cc1C#N)OCO2. The van der Waals surface area contributed by atoms with Crippen LogP contribution in [0.1, 0.15) is 16.8 Å². The first-order chi connectivity index (χ1) is 10.1. The molecule has 5 heteroatoms. The van der Waals surface area contributed by atoms with Crippen LogP contribution in [0, 0.1) is 25.2 Å². The molecule has 1 aromatic carbocycles. The normalized spacial score (nSPS) is 12.1. The standard InChI is InChI=1S/C16H14N2O3/c1-9-4-11(7-17)16(18-10(9)2)12-5-14-15(21-8-20-14)6-13(12)19-3/h4-6H,8H2,1-3H3. The van der Waals surface area contributed by atoms with Crippen LogP contribution in [0.2, 0.25) is 0 Å². The van der Waals surface area contributed by atoms with Crippen LogP contribution in [0.3, 0.4) is 0 Å². The molecule has 106 valence electrons. The molecule has 0 fully saturated rings. The minimum absolute atomic E-state index is 0.188. The zero-order valence-corrected chi connectivity index (χ0v) is 12.1. The molecule has 21 heavy (non-hydrogen) atoms. The molecule has 0 spiro atoms. The highest BCUT2D eigenvalue weighted by molar-refractivity contribution is 5.76. The number of nitrogens with zero attached hydrogens (tertiary/aromatic N) is 2. The van der Waals surface area contributed by atoms with Crippen molar-refractivity contribution in [3.05, 3.63) is 35.0 Å². The Kier molecular flexibility index (Phi) is 3.15. The van der Waals surface area contributed by atoms with E-state index in [9.17, 15) is 5.26 Å². The molecule has 1 aromatic heterocycles.